The van der Waals surface area contributed by atoms with E-state index in [0.29, 0.717) is 5.56 Å². The normalized spacial score (nSPS) is 15.2. The lowest BCUT2D eigenvalue weighted by atomic mass is 10.0. The molecule has 0 amide bonds. The van der Waals surface area contributed by atoms with E-state index in [-0.39, 0.29) is 92.1 Å². The van der Waals surface area contributed by atoms with Crippen molar-refractivity contribution in [3.8, 4) is 16.8 Å². The molecule has 0 spiro atoms. The van der Waals surface area contributed by atoms with Crippen molar-refractivity contribution in [3.05, 3.63) is 187 Å². The van der Waals surface area contributed by atoms with Crippen LogP contribution in [0.25, 0.3) is 60.4 Å². The highest BCUT2D eigenvalue weighted by molar-refractivity contribution is 6.16. The van der Waals surface area contributed by atoms with Gasteiger partial charge in [-0.05, 0) is 53.5 Å². The smallest absolute Gasteiger partial charge is 0.163 e. The molecule has 2 heterocycles. The lowest BCUT2D eigenvalue weighted by molar-refractivity contribution is 1.18. The molecular formula is C45H31N5. The molecule has 0 aliphatic rings. The van der Waals surface area contributed by atoms with Gasteiger partial charge in [-0.1, -0.05) is 133 Å². The first-order valence-corrected chi connectivity index (χ1v) is 15.8. The van der Waals surface area contributed by atoms with E-state index in [0.717, 1.165) is 21.8 Å². The predicted molar refractivity (Wildman–Crippen MR) is 209 cm³/mol. The molecule has 9 aromatic rings. The fourth-order valence-corrected chi connectivity index (χ4v) is 6.30. The third-order valence-electron chi connectivity index (χ3n) is 8.53. The average molecular weight is 653 g/mol. The summed E-state index contributed by atoms with van der Waals surface area (Å²) in [5, 5.41) is 11.6. The van der Waals surface area contributed by atoms with Gasteiger partial charge in [0.05, 0.1) is 37.1 Å². The van der Waals surface area contributed by atoms with E-state index in [1.54, 1.807) is 18.5 Å². The minimum absolute atomic E-state index is 0.00807. The lowest BCUT2D eigenvalue weighted by Gasteiger charge is -2.13. The third-order valence-corrected chi connectivity index (χ3v) is 8.53. The standard InChI is InChI=1S/C45H31N5/c46-44(48-45(32-17-5-2-6-18-32)47-30-49-40-23-11-7-19-36(40)37-20-8-12-24-41(37)49)34-27-33(31-15-3-1-4-16-31)28-35(29-34)50-42-25-13-9-21-38(42)39-22-10-14-26-43(39)50/h1-30,46H/i1D,3D,4D,9D,10D,15D,16D,21D,22D,25D,26D. The molecule has 0 saturated carbocycles. The van der Waals surface area contributed by atoms with E-state index in [2.05, 4.69) is 0 Å². The van der Waals surface area contributed by atoms with Crippen molar-refractivity contribution in [2.24, 2.45) is 9.98 Å². The zero-order valence-electron chi connectivity index (χ0n) is 37.3. The summed E-state index contributed by atoms with van der Waals surface area (Å²) in [7, 11) is 0. The summed E-state index contributed by atoms with van der Waals surface area (Å²) in [6.45, 7) is 0. The van der Waals surface area contributed by atoms with Crippen LogP contribution in [0.2, 0.25) is 0 Å². The quantitative estimate of drug-likeness (QED) is 0.142. The summed E-state index contributed by atoms with van der Waals surface area (Å²) in [4.78, 5) is 9.58. The molecule has 0 atom stereocenters. The third kappa shape index (κ3) is 5.09. The highest BCUT2D eigenvalue weighted by Gasteiger charge is 2.16. The zero-order valence-corrected chi connectivity index (χ0v) is 26.3. The second kappa shape index (κ2) is 12.3. The topological polar surface area (TPSA) is 58.4 Å². The maximum absolute atomic E-state index is 9.51. The van der Waals surface area contributed by atoms with E-state index < -0.39 is 30.2 Å². The van der Waals surface area contributed by atoms with Crippen LogP contribution < -0.4 is 0 Å². The molecule has 0 aliphatic carbocycles. The number of amidine groups is 2. The number of hydrogen-bond acceptors (Lipinski definition) is 1. The number of para-hydroxylation sites is 4. The summed E-state index contributed by atoms with van der Waals surface area (Å²) in [5.41, 5.74) is 2.62. The first kappa shape index (κ1) is 19.8. The summed E-state index contributed by atoms with van der Waals surface area (Å²) < 4.78 is 98.8. The Balaban J connectivity index is 1.32. The number of nitrogens with zero attached hydrogens (tertiary/aromatic N) is 4. The Morgan fingerprint density at radius 2 is 1.16 bits per heavy atom. The van der Waals surface area contributed by atoms with Crippen molar-refractivity contribution in [2.45, 2.75) is 0 Å². The molecule has 0 bridgehead atoms. The molecular weight excluding hydrogens is 611 g/mol. The largest absolute Gasteiger partial charge is 0.309 e. The van der Waals surface area contributed by atoms with Gasteiger partial charge in [0.25, 0.3) is 0 Å². The number of nitrogens with one attached hydrogen (secondary N) is 1. The van der Waals surface area contributed by atoms with Gasteiger partial charge in [-0.2, -0.15) is 0 Å². The first-order valence-electron chi connectivity index (χ1n) is 21.3. The Morgan fingerprint density at radius 1 is 0.540 bits per heavy atom. The molecule has 9 rings (SSSR count). The minimum atomic E-state index is -0.593. The Hall–Kier alpha value is -6.85. The van der Waals surface area contributed by atoms with Crippen LogP contribution in [0.3, 0.4) is 0 Å². The van der Waals surface area contributed by atoms with Crippen molar-refractivity contribution in [3.63, 3.8) is 0 Å². The number of benzene rings is 7. The van der Waals surface area contributed by atoms with E-state index in [1.165, 1.54) is 34.9 Å². The molecule has 2 aromatic heterocycles. The molecule has 0 aliphatic heterocycles. The minimum Gasteiger partial charge on any atom is -0.309 e. The Labute approximate surface area is 304 Å². The first-order chi connectivity index (χ1) is 29.3. The molecule has 5 nitrogen and oxygen atoms in total. The molecule has 0 saturated heterocycles. The zero-order chi connectivity index (χ0) is 43.0. The summed E-state index contributed by atoms with van der Waals surface area (Å²) in [6.07, 6.45) is 1.64. The molecule has 0 fully saturated rings. The lowest BCUT2D eigenvalue weighted by Crippen LogP contribution is -2.07. The van der Waals surface area contributed by atoms with Crippen LogP contribution in [0, 0.1) is 5.41 Å². The van der Waals surface area contributed by atoms with Crippen LogP contribution in [0.5, 0.6) is 0 Å². The van der Waals surface area contributed by atoms with Crippen molar-refractivity contribution in [1.29, 1.82) is 5.41 Å². The maximum atomic E-state index is 9.51. The SMILES string of the molecule is [2H]c1cc([2H])c2c(c1[2H])c1c([2H])c([2H])cc([2H])c1n2-c1cc(C(=N)N=C(N=Cn2c3ccccc3c3ccccc32)c2ccccc2)cc(-c2c([2H])c([2H])c([2H])c([2H])c2[2H])c1. The predicted octanol–water partition coefficient (Wildman–Crippen LogP) is 10.9. The molecule has 7 aromatic carbocycles. The maximum Gasteiger partial charge on any atom is 0.163 e. The Morgan fingerprint density at radius 3 is 1.82 bits per heavy atom. The molecule has 1 N–H and O–H groups in total. The highest BCUT2D eigenvalue weighted by Crippen LogP contribution is 2.34. The van der Waals surface area contributed by atoms with Gasteiger partial charge < -0.3 is 4.57 Å². The van der Waals surface area contributed by atoms with Crippen LogP contribution in [0.1, 0.15) is 26.2 Å². The van der Waals surface area contributed by atoms with Gasteiger partial charge in [0.2, 0.25) is 0 Å². The summed E-state index contributed by atoms with van der Waals surface area (Å²) >= 11 is 0. The van der Waals surface area contributed by atoms with E-state index in [9.17, 15) is 5.41 Å². The molecule has 0 unspecified atom stereocenters. The van der Waals surface area contributed by atoms with Gasteiger partial charge in [-0.3, -0.25) is 9.98 Å². The van der Waals surface area contributed by atoms with Gasteiger partial charge in [0.15, 0.2) is 11.7 Å². The van der Waals surface area contributed by atoms with Crippen LogP contribution in [-0.4, -0.2) is 27.1 Å². The van der Waals surface area contributed by atoms with Gasteiger partial charge in [0.1, 0.15) is 6.34 Å². The fraction of sp³-hybridized carbons (Fsp3) is 0. The van der Waals surface area contributed by atoms with Crippen LogP contribution >= 0.6 is 0 Å². The van der Waals surface area contributed by atoms with Crippen LogP contribution in [-0.2, 0) is 0 Å². The Bertz CT molecular complexity index is 3250. The number of rotatable bonds is 5. The number of aliphatic imine (C=N–C) groups is 2. The van der Waals surface area contributed by atoms with Gasteiger partial charge in [0, 0.05) is 38.4 Å². The molecule has 5 heteroatoms. The van der Waals surface area contributed by atoms with E-state index in [1.807, 2.05) is 71.3 Å². The molecule has 236 valence electrons. The fourth-order valence-electron chi connectivity index (χ4n) is 6.30. The van der Waals surface area contributed by atoms with Crippen molar-refractivity contribution >= 4 is 61.6 Å². The van der Waals surface area contributed by atoms with Crippen molar-refractivity contribution < 1.29 is 15.1 Å². The number of aromatic nitrogens is 2. The van der Waals surface area contributed by atoms with E-state index >= 15 is 0 Å². The summed E-state index contributed by atoms with van der Waals surface area (Å²) in [5.74, 6) is -0.180. The van der Waals surface area contributed by atoms with Gasteiger partial charge in [-0.25, -0.2) is 9.98 Å². The number of hydrogen-bond donors (Lipinski definition) is 1. The van der Waals surface area contributed by atoms with Gasteiger partial charge >= 0.3 is 0 Å². The Kier molecular flexibility index (Phi) is 4.89. The van der Waals surface area contributed by atoms with Crippen LogP contribution in [0.4, 0.5) is 0 Å². The number of fused-ring (bicyclic) bond motifs is 6. The van der Waals surface area contributed by atoms with Gasteiger partial charge in [-0.15, -0.1) is 0 Å². The highest BCUT2D eigenvalue weighted by atomic mass is 15.1. The average Bonchev–Trinajstić information content (AvgIpc) is 3.80. The van der Waals surface area contributed by atoms with E-state index in [4.69, 9.17) is 25.1 Å². The monoisotopic (exact) mass is 652 g/mol. The second-order valence-electron chi connectivity index (χ2n) is 11.5. The van der Waals surface area contributed by atoms with Crippen molar-refractivity contribution in [2.75, 3.05) is 0 Å². The molecule has 50 heavy (non-hydrogen) atoms. The van der Waals surface area contributed by atoms with Crippen LogP contribution in [0.15, 0.2) is 186 Å². The molecule has 0 radical (unpaired) electrons. The second-order valence-corrected chi connectivity index (χ2v) is 11.5. The van der Waals surface area contributed by atoms with Crippen molar-refractivity contribution in [1.82, 2.24) is 9.13 Å². The summed E-state index contributed by atoms with van der Waals surface area (Å²) in [6, 6.07) is 27.3.